The van der Waals surface area contributed by atoms with E-state index in [-0.39, 0.29) is 5.91 Å². The Morgan fingerprint density at radius 1 is 1.08 bits per heavy atom. The fraction of sp³-hybridized carbons (Fsp3) is 0.350. The molecule has 1 aliphatic heterocycles. The van der Waals surface area contributed by atoms with Crippen molar-refractivity contribution in [3.8, 4) is 5.75 Å². The van der Waals surface area contributed by atoms with Gasteiger partial charge in [0.2, 0.25) is 0 Å². The molecule has 0 saturated carbocycles. The van der Waals surface area contributed by atoms with Crippen LogP contribution in [0.15, 0.2) is 48.5 Å². The Labute approximate surface area is 149 Å². The summed E-state index contributed by atoms with van der Waals surface area (Å²) < 4.78 is 5.59. The van der Waals surface area contributed by atoms with Gasteiger partial charge in [-0.3, -0.25) is 9.69 Å². The highest BCUT2D eigenvalue weighted by Crippen LogP contribution is 2.21. The normalized spacial score (nSPS) is 15.2. The highest BCUT2D eigenvalue weighted by Gasteiger charge is 2.24. The minimum absolute atomic E-state index is 0.0488. The molecule has 132 valence electrons. The molecule has 0 bridgehead atoms. The number of rotatable bonds is 5. The molecule has 0 unspecified atom stereocenters. The zero-order chi connectivity index (χ0) is 17.6. The molecule has 5 nitrogen and oxygen atoms in total. The Morgan fingerprint density at radius 2 is 1.84 bits per heavy atom. The van der Waals surface area contributed by atoms with Gasteiger partial charge in [0.15, 0.2) is 0 Å². The van der Waals surface area contributed by atoms with E-state index >= 15 is 0 Å². The molecule has 3 rings (SSSR count). The van der Waals surface area contributed by atoms with E-state index in [0.29, 0.717) is 17.9 Å². The Kier molecular flexibility index (Phi) is 5.56. The summed E-state index contributed by atoms with van der Waals surface area (Å²) in [6.45, 7) is 6.51. The van der Waals surface area contributed by atoms with Crippen LogP contribution in [0.5, 0.6) is 5.75 Å². The Balaban J connectivity index is 1.59. The lowest BCUT2D eigenvalue weighted by molar-refractivity contribution is 0.0624. The number of carbonyl (C=O) groups excluding carboxylic acids is 1. The van der Waals surface area contributed by atoms with Crippen molar-refractivity contribution in [2.75, 3.05) is 38.5 Å². The monoisotopic (exact) mass is 339 g/mol. The molecule has 0 atom stereocenters. The van der Waals surface area contributed by atoms with Crippen LogP contribution in [-0.4, -0.2) is 48.5 Å². The van der Waals surface area contributed by atoms with Crippen molar-refractivity contribution in [2.24, 2.45) is 0 Å². The smallest absolute Gasteiger partial charge is 0.257 e. The highest BCUT2D eigenvalue weighted by atomic mass is 16.5. The summed E-state index contributed by atoms with van der Waals surface area (Å²) in [7, 11) is 0. The Bertz CT molecular complexity index is 724. The van der Waals surface area contributed by atoms with Crippen molar-refractivity contribution in [3.63, 3.8) is 0 Å². The van der Waals surface area contributed by atoms with E-state index < -0.39 is 0 Å². The average Bonchev–Trinajstić information content (AvgIpc) is 2.63. The third-order valence-electron chi connectivity index (χ3n) is 4.43. The zero-order valence-electron chi connectivity index (χ0n) is 14.6. The van der Waals surface area contributed by atoms with E-state index in [1.807, 2.05) is 54.3 Å². The van der Waals surface area contributed by atoms with E-state index in [1.165, 1.54) is 5.56 Å². The first-order chi connectivity index (χ1) is 12.2. The summed E-state index contributed by atoms with van der Waals surface area (Å²) in [5.41, 5.74) is 8.49. The van der Waals surface area contributed by atoms with E-state index in [0.717, 1.165) is 38.4 Å². The molecule has 5 heteroatoms. The molecular weight excluding hydrogens is 314 g/mol. The van der Waals surface area contributed by atoms with Gasteiger partial charge in [0.1, 0.15) is 5.75 Å². The third-order valence-corrected chi connectivity index (χ3v) is 4.43. The number of amides is 1. The summed E-state index contributed by atoms with van der Waals surface area (Å²) in [5, 5.41) is 0. The van der Waals surface area contributed by atoms with E-state index in [1.54, 1.807) is 0 Å². The van der Waals surface area contributed by atoms with Crippen molar-refractivity contribution in [3.05, 3.63) is 59.7 Å². The van der Waals surface area contributed by atoms with Gasteiger partial charge in [-0.2, -0.15) is 0 Å². The molecule has 1 saturated heterocycles. The van der Waals surface area contributed by atoms with Crippen LogP contribution in [0.1, 0.15) is 22.8 Å². The first-order valence-electron chi connectivity index (χ1n) is 8.75. The second-order valence-electron chi connectivity index (χ2n) is 6.24. The van der Waals surface area contributed by atoms with Crippen molar-refractivity contribution in [2.45, 2.75) is 13.5 Å². The maximum atomic E-state index is 12.8. The number of nitrogens with two attached hydrogens (primary N) is 1. The molecule has 0 aromatic heterocycles. The minimum atomic E-state index is 0.0488. The number of nitrogen functional groups attached to an aromatic ring is 1. The molecule has 2 N–H and O–H groups in total. The van der Waals surface area contributed by atoms with Crippen LogP contribution in [-0.2, 0) is 6.54 Å². The van der Waals surface area contributed by atoms with Crippen molar-refractivity contribution < 1.29 is 9.53 Å². The molecule has 1 heterocycles. The molecule has 0 aliphatic carbocycles. The molecule has 2 aromatic rings. The van der Waals surface area contributed by atoms with Gasteiger partial charge in [-0.25, -0.2) is 0 Å². The quantitative estimate of drug-likeness (QED) is 0.851. The number of hydrogen-bond acceptors (Lipinski definition) is 4. The van der Waals surface area contributed by atoms with Crippen molar-refractivity contribution >= 4 is 11.6 Å². The number of hydrogen-bond donors (Lipinski definition) is 1. The van der Waals surface area contributed by atoms with Gasteiger partial charge in [0, 0.05) is 38.4 Å². The maximum absolute atomic E-state index is 12.8. The van der Waals surface area contributed by atoms with E-state index in [4.69, 9.17) is 10.5 Å². The molecular formula is C20H25N3O2. The van der Waals surface area contributed by atoms with E-state index in [9.17, 15) is 4.79 Å². The first-order valence-corrected chi connectivity index (χ1v) is 8.75. The fourth-order valence-corrected chi connectivity index (χ4v) is 3.15. The predicted octanol–water partition coefficient (Wildman–Crippen LogP) is 2.63. The lowest BCUT2D eigenvalue weighted by atomic mass is 10.1. The molecule has 2 aromatic carbocycles. The van der Waals surface area contributed by atoms with Gasteiger partial charge in [-0.15, -0.1) is 0 Å². The number of benzene rings is 2. The van der Waals surface area contributed by atoms with Gasteiger partial charge in [-0.05, 0) is 36.8 Å². The van der Waals surface area contributed by atoms with Crippen molar-refractivity contribution in [1.82, 2.24) is 9.80 Å². The molecule has 25 heavy (non-hydrogen) atoms. The predicted molar refractivity (Wildman–Crippen MR) is 99.6 cm³/mol. The largest absolute Gasteiger partial charge is 0.493 e. The second-order valence-corrected chi connectivity index (χ2v) is 6.24. The summed E-state index contributed by atoms with van der Waals surface area (Å²) in [5.74, 6) is 0.713. The summed E-state index contributed by atoms with van der Waals surface area (Å²) in [6, 6.07) is 15.4. The zero-order valence-corrected chi connectivity index (χ0v) is 14.6. The number of ether oxygens (including phenoxy) is 1. The minimum Gasteiger partial charge on any atom is -0.493 e. The average molecular weight is 339 g/mol. The highest BCUT2D eigenvalue weighted by molar-refractivity contribution is 5.97. The summed E-state index contributed by atoms with van der Waals surface area (Å²) >= 11 is 0. The molecule has 0 spiro atoms. The number of piperazine rings is 1. The van der Waals surface area contributed by atoms with Crippen LogP contribution >= 0.6 is 0 Å². The van der Waals surface area contributed by atoms with Gasteiger partial charge >= 0.3 is 0 Å². The van der Waals surface area contributed by atoms with Gasteiger partial charge in [0.05, 0.1) is 12.2 Å². The lowest BCUT2D eigenvalue weighted by Gasteiger charge is -2.35. The van der Waals surface area contributed by atoms with Crippen molar-refractivity contribution in [1.29, 1.82) is 0 Å². The summed E-state index contributed by atoms with van der Waals surface area (Å²) in [4.78, 5) is 17.1. The SMILES string of the molecule is CCOc1ccccc1C(=O)N1CCN(Cc2cccc(N)c2)CC1. The number of anilines is 1. The van der Waals surface area contributed by atoms with Crippen LogP contribution in [0.2, 0.25) is 0 Å². The second kappa shape index (κ2) is 8.03. The molecule has 0 radical (unpaired) electrons. The van der Waals surface area contributed by atoms with Crippen LogP contribution in [0.4, 0.5) is 5.69 Å². The Hall–Kier alpha value is -2.53. The van der Waals surface area contributed by atoms with Crippen LogP contribution < -0.4 is 10.5 Å². The Morgan fingerprint density at radius 3 is 2.56 bits per heavy atom. The van der Waals surface area contributed by atoms with Gasteiger partial charge in [-0.1, -0.05) is 24.3 Å². The molecule has 1 aliphatic rings. The molecule has 1 amide bonds. The summed E-state index contributed by atoms with van der Waals surface area (Å²) in [6.07, 6.45) is 0. The van der Waals surface area contributed by atoms with Gasteiger partial charge < -0.3 is 15.4 Å². The first kappa shape index (κ1) is 17.3. The third kappa shape index (κ3) is 4.31. The number of para-hydroxylation sites is 1. The maximum Gasteiger partial charge on any atom is 0.257 e. The number of nitrogens with zero attached hydrogens (tertiary/aromatic N) is 2. The van der Waals surface area contributed by atoms with Crippen LogP contribution in [0.25, 0.3) is 0 Å². The fourth-order valence-electron chi connectivity index (χ4n) is 3.15. The lowest BCUT2D eigenvalue weighted by Crippen LogP contribution is -2.48. The number of carbonyl (C=O) groups is 1. The molecule has 1 fully saturated rings. The van der Waals surface area contributed by atoms with Crippen LogP contribution in [0.3, 0.4) is 0 Å². The van der Waals surface area contributed by atoms with Gasteiger partial charge in [0.25, 0.3) is 5.91 Å². The standard InChI is InChI=1S/C20H25N3O2/c1-2-25-19-9-4-3-8-18(19)20(24)23-12-10-22(11-13-23)15-16-6-5-7-17(21)14-16/h3-9,14H,2,10-13,15,21H2,1H3. The van der Waals surface area contributed by atoms with E-state index in [2.05, 4.69) is 11.0 Å². The van der Waals surface area contributed by atoms with Crippen LogP contribution in [0, 0.1) is 0 Å². The topological polar surface area (TPSA) is 58.8 Å².